The van der Waals surface area contributed by atoms with Crippen LogP contribution in [-0.4, -0.2) is 17.0 Å². The molecule has 0 aliphatic rings. The summed E-state index contributed by atoms with van der Waals surface area (Å²) in [6.45, 7) is 4.00. The van der Waals surface area contributed by atoms with E-state index in [-0.39, 0.29) is 0 Å². The number of pyridine rings is 1. The van der Waals surface area contributed by atoms with Crippen LogP contribution in [0.15, 0.2) is 23.6 Å². The Labute approximate surface area is 126 Å². The van der Waals surface area contributed by atoms with E-state index in [0.717, 1.165) is 43.6 Å². The van der Waals surface area contributed by atoms with E-state index in [0.29, 0.717) is 0 Å². The number of thiazole rings is 1. The third-order valence-corrected chi connectivity index (χ3v) is 4.56. The highest BCUT2D eigenvalue weighted by Gasteiger charge is 2.12. The van der Waals surface area contributed by atoms with E-state index >= 15 is 0 Å². The monoisotopic (exact) mass is 303 g/mol. The van der Waals surface area contributed by atoms with Crippen LogP contribution in [0.3, 0.4) is 0 Å². The summed E-state index contributed by atoms with van der Waals surface area (Å²) in [5.74, 6) is 0. The lowest BCUT2D eigenvalue weighted by atomic mass is 10.0. The molecule has 0 radical (unpaired) electrons. The second kappa shape index (κ2) is 5.04. The molecular weight excluding hydrogens is 290 g/mol. The fourth-order valence-electron chi connectivity index (χ4n) is 2.26. The van der Waals surface area contributed by atoms with Crippen molar-refractivity contribution in [2.24, 2.45) is 0 Å². The first-order valence-electron chi connectivity index (χ1n) is 6.30. The minimum absolute atomic E-state index is 0.746. The van der Waals surface area contributed by atoms with E-state index in [2.05, 4.69) is 26.7 Å². The van der Waals surface area contributed by atoms with Crippen molar-refractivity contribution < 1.29 is 0 Å². The lowest BCUT2D eigenvalue weighted by Gasteiger charge is -2.09. The number of rotatable bonds is 2. The van der Waals surface area contributed by atoms with Gasteiger partial charge in [-0.15, -0.1) is 11.3 Å². The van der Waals surface area contributed by atoms with Crippen molar-refractivity contribution in [2.75, 3.05) is 12.4 Å². The molecule has 0 spiro atoms. The molecule has 0 aliphatic heterocycles. The first-order chi connectivity index (χ1) is 9.60. The Morgan fingerprint density at radius 1 is 1.20 bits per heavy atom. The molecule has 0 amide bonds. The van der Waals surface area contributed by atoms with Gasteiger partial charge < -0.3 is 5.32 Å². The van der Waals surface area contributed by atoms with Crippen LogP contribution in [0.2, 0.25) is 5.02 Å². The summed E-state index contributed by atoms with van der Waals surface area (Å²) in [5, 5.41) is 7.88. The Bertz CT molecular complexity index is 795. The van der Waals surface area contributed by atoms with Gasteiger partial charge in [-0.1, -0.05) is 17.7 Å². The number of nitrogens with zero attached hydrogens (tertiary/aromatic N) is 2. The van der Waals surface area contributed by atoms with Crippen LogP contribution in [0.4, 0.5) is 5.13 Å². The Kier molecular flexibility index (Phi) is 3.36. The third-order valence-electron chi connectivity index (χ3n) is 3.29. The van der Waals surface area contributed by atoms with Crippen molar-refractivity contribution in [1.82, 2.24) is 9.97 Å². The number of nitrogens with one attached hydrogen (secondary N) is 1. The van der Waals surface area contributed by atoms with E-state index in [1.165, 1.54) is 0 Å². The molecule has 1 aromatic carbocycles. The molecule has 0 unspecified atom stereocenters. The van der Waals surface area contributed by atoms with Gasteiger partial charge in [0, 0.05) is 34.1 Å². The smallest absolute Gasteiger partial charge is 0.182 e. The van der Waals surface area contributed by atoms with Gasteiger partial charge in [0.15, 0.2) is 5.13 Å². The van der Waals surface area contributed by atoms with Crippen LogP contribution in [0, 0.1) is 13.8 Å². The van der Waals surface area contributed by atoms with Crippen LogP contribution in [0.25, 0.3) is 22.2 Å². The molecule has 0 fully saturated rings. The highest BCUT2D eigenvalue weighted by Crippen LogP contribution is 2.33. The van der Waals surface area contributed by atoms with Gasteiger partial charge in [0.2, 0.25) is 0 Å². The highest BCUT2D eigenvalue weighted by atomic mass is 35.5. The fraction of sp³-hybridized carbons (Fsp3) is 0.200. The first kappa shape index (κ1) is 13.3. The Hall–Kier alpha value is -1.65. The SMILES string of the molecule is CNc1nc(-c2cc(C)nc3c(C)c(Cl)ccc23)cs1. The second-order valence-electron chi connectivity index (χ2n) is 4.67. The number of fused-ring (bicyclic) bond motifs is 1. The molecule has 0 saturated carbocycles. The highest BCUT2D eigenvalue weighted by molar-refractivity contribution is 7.14. The van der Waals surface area contributed by atoms with Gasteiger partial charge in [-0.25, -0.2) is 4.98 Å². The second-order valence-corrected chi connectivity index (χ2v) is 5.93. The van der Waals surface area contributed by atoms with Crippen molar-refractivity contribution >= 4 is 39.0 Å². The van der Waals surface area contributed by atoms with Crippen LogP contribution < -0.4 is 5.32 Å². The topological polar surface area (TPSA) is 37.8 Å². The largest absolute Gasteiger partial charge is 0.365 e. The number of benzene rings is 1. The van der Waals surface area contributed by atoms with E-state index in [4.69, 9.17) is 11.6 Å². The maximum Gasteiger partial charge on any atom is 0.182 e. The van der Waals surface area contributed by atoms with E-state index in [1.54, 1.807) is 11.3 Å². The molecule has 102 valence electrons. The predicted molar refractivity (Wildman–Crippen MR) is 86.9 cm³/mol. The zero-order chi connectivity index (χ0) is 14.3. The van der Waals surface area contributed by atoms with Crippen LogP contribution >= 0.6 is 22.9 Å². The minimum atomic E-state index is 0.746. The van der Waals surface area contributed by atoms with E-state index < -0.39 is 0 Å². The standard InChI is InChI=1S/C15H14ClN3S/c1-8-6-11(13-7-20-15(17-3)19-13)10-4-5-12(16)9(2)14(10)18-8/h4-7H,1-3H3,(H,17,19). The molecule has 0 atom stereocenters. The summed E-state index contributed by atoms with van der Waals surface area (Å²) >= 11 is 7.80. The summed E-state index contributed by atoms with van der Waals surface area (Å²) in [6.07, 6.45) is 0. The van der Waals surface area contributed by atoms with Gasteiger partial charge in [-0.2, -0.15) is 0 Å². The van der Waals surface area contributed by atoms with Crippen LogP contribution in [-0.2, 0) is 0 Å². The van der Waals surface area contributed by atoms with Crippen molar-refractivity contribution in [3.8, 4) is 11.3 Å². The lowest BCUT2D eigenvalue weighted by Crippen LogP contribution is -1.92. The van der Waals surface area contributed by atoms with Crippen molar-refractivity contribution in [2.45, 2.75) is 13.8 Å². The van der Waals surface area contributed by atoms with Crippen LogP contribution in [0.5, 0.6) is 0 Å². The average Bonchev–Trinajstić information content (AvgIpc) is 2.91. The molecule has 3 nitrogen and oxygen atoms in total. The maximum atomic E-state index is 6.20. The fourth-order valence-corrected chi connectivity index (χ4v) is 3.08. The summed E-state index contributed by atoms with van der Waals surface area (Å²) in [7, 11) is 1.88. The summed E-state index contributed by atoms with van der Waals surface area (Å²) in [5.41, 5.74) is 5.00. The van der Waals surface area contributed by atoms with Gasteiger partial charge in [-0.05, 0) is 31.5 Å². The number of aromatic nitrogens is 2. The maximum absolute atomic E-state index is 6.20. The number of hydrogen-bond donors (Lipinski definition) is 1. The molecular formula is C15H14ClN3S. The van der Waals surface area contributed by atoms with Crippen LogP contribution in [0.1, 0.15) is 11.3 Å². The van der Waals surface area contributed by atoms with Crippen molar-refractivity contribution in [3.05, 3.63) is 39.9 Å². The van der Waals surface area contributed by atoms with Gasteiger partial charge >= 0.3 is 0 Å². The molecule has 2 heterocycles. The average molecular weight is 304 g/mol. The Balaban J connectivity index is 2.32. The molecule has 0 saturated heterocycles. The molecule has 0 aliphatic carbocycles. The molecule has 3 rings (SSSR count). The minimum Gasteiger partial charge on any atom is -0.365 e. The Morgan fingerprint density at radius 3 is 2.70 bits per heavy atom. The molecule has 0 bridgehead atoms. The number of anilines is 1. The van der Waals surface area contributed by atoms with Crippen molar-refractivity contribution in [3.63, 3.8) is 0 Å². The zero-order valence-corrected chi connectivity index (χ0v) is 13.1. The van der Waals surface area contributed by atoms with Gasteiger partial charge in [-0.3, -0.25) is 4.98 Å². The molecule has 2 aromatic heterocycles. The summed E-state index contributed by atoms with van der Waals surface area (Å²) in [4.78, 5) is 9.21. The van der Waals surface area contributed by atoms with E-state index in [1.807, 2.05) is 33.0 Å². The summed E-state index contributed by atoms with van der Waals surface area (Å²) in [6, 6.07) is 6.01. The van der Waals surface area contributed by atoms with Gasteiger partial charge in [0.25, 0.3) is 0 Å². The normalized spacial score (nSPS) is 11.0. The number of hydrogen-bond acceptors (Lipinski definition) is 4. The molecule has 1 N–H and O–H groups in total. The Morgan fingerprint density at radius 2 is 2.00 bits per heavy atom. The number of aryl methyl sites for hydroxylation is 2. The quantitative estimate of drug-likeness (QED) is 0.747. The number of halogens is 1. The zero-order valence-electron chi connectivity index (χ0n) is 11.5. The molecule has 3 aromatic rings. The van der Waals surface area contributed by atoms with Crippen molar-refractivity contribution in [1.29, 1.82) is 0 Å². The predicted octanol–water partition coefficient (Wildman–Crippen LogP) is 4.67. The lowest BCUT2D eigenvalue weighted by molar-refractivity contribution is 1.24. The van der Waals surface area contributed by atoms with Gasteiger partial charge in [0.1, 0.15) is 0 Å². The first-order valence-corrected chi connectivity index (χ1v) is 7.56. The summed E-state index contributed by atoms with van der Waals surface area (Å²) < 4.78 is 0. The molecule has 20 heavy (non-hydrogen) atoms. The van der Waals surface area contributed by atoms with Gasteiger partial charge in [0.05, 0.1) is 11.2 Å². The third kappa shape index (κ3) is 2.15. The van der Waals surface area contributed by atoms with E-state index in [9.17, 15) is 0 Å². The molecule has 5 heteroatoms.